The van der Waals surface area contributed by atoms with Crippen LogP contribution in [-0.2, 0) is 14.4 Å². The minimum absolute atomic E-state index is 0.104. The van der Waals surface area contributed by atoms with Crippen molar-refractivity contribution in [2.45, 2.75) is 25.2 Å². The van der Waals surface area contributed by atoms with Gasteiger partial charge in [0, 0.05) is 24.2 Å². The second-order valence-electron chi connectivity index (χ2n) is 4.21. The van der Waals surface area contributed by atoms with E-state index in [-0.39, 0.29) is 5.91 Å². The Morgan fingerprint density at radius 2 is 2.05 bits per heavy atom. The number of methoxy groups -OCH3 is 1. The molecule has 0 saturated carbocycles. The van der Waals surface area contributed by atoms with Crippen LogP contribution in [0.15, 0.2) is 23.1 Å². The Bertz CT molecular complexity index is 410. The Labute approximate surface area is 118 Å². The van der Waals surface area contributed by atoms with Crippen molar-refractivity contribution in [1.29, 1.82) is 0 Å². The van der Waals surface area contributed by atoms with E-state index in [1.165, 1.54) is 16.0 Å². The highest BCUT2D eigenvalue weighted by molar-refractivity contribution is 7.99. The van der Waals surface area contributed by atoms with Gasteiger partial charge in [-0.25, -0.2) is 5.48 Å². The summed E-state index contributed by atoms with van der Waals surface area (Å²) in [5.74, 6) is 0.634. The molecule has 19 heavy (non-hydrogen) atoms. The minimum atomic E-state index is -0.104. The summed E-state index contributed by atoms with van der Waals surface area (Å²) < 4.78 is 4.80. The monoisotopic (exact) mass is 283 g/mol. The van der Waals surface area contributed by atoms with Crippen LogP contribution in [0.3, 0.4) is 0 Å². The van der Waals surface area contributed by atoms with Crippen molar-refractivity contribution in [3.8, 4) is 0 Å². The molecule has 0 fully saturated rings. The van der Waals surface area contributed by atoms with Crippen LogP contribution in [0.25, 0.3) is 0 Å². The number of carbonyl (C=O) groups excluding carboxylic acids is 1. The van der Waals surface area contributed by atoms with Crippen molar-refractivity contribution in [2.24, 2.45) is 0 Å². The predicted molar refractivity (Wildman–Crippen MR) is 77.2 cm³/mol. The van der Waals surface area contributed by atoms with Crippen LogP contribution in [0.4, 0.5) is 0 Å². The predicted octanol–water partition coefficient (Wildman–Crippen LogP) is 2.48. The van der Waals surface area contributed by atoms with Crippen LogP contribution in [0.1, 0.15) is 17.5 Å². The van der Waals surface area contributed by atoms with Gasteiger partial charge in [-0.2, -0.15) is 0 Å². The largest absolute Gasteiger partial charge is 0.382 e. The Kier molecular flexibility index (Phi) is 7.55. The summed E-state index contributed by atoms with van der Waals surface area (Å²) >= 11 is 1.67. The lowest BCUT2D eigenvalue weighted by Crippen LogP contribution is -2.25. The van der Waals surface area contributed by atoms with Gasteiger partial charge in [-0.1, -0.05) is 6.07 Å². The number of carbonyl (C=O) groups is 1. The maximum absolute atomic E-state index is 11.4. The number of hydrogen-bond acceptors (Lipinski definition) is 4. The van der Waals surface area contributed by atoms with Crippen LogP contribution in [0, 0.1) is 13.8 Å². The molecule has 5 heteroatoms. The van der Waals surface area contributed by atoms with Crippen LogP contribution in [0.2, 0.25) is 0 Å². The maximum atomic E-state index is 11.4. The first kappa shape index (κ1) is 16.0. The average molecular weight is 283 g/mol. The Balaban J connectivity index is 2.18. The number of thioether (sulfide) groups is 1. The van der Waals surface area contributed by atoms with Gasteiger partial charge >= 0.3 is 0 Å². The third-order valence-corrected chi connectivity index (χ3v) is 3.65. The Morgan fingerprint density at radius 1 is 1.26 bits per heavy atom. The SMILES string of the molecule is COCCONC(=O)CCSc1ccc(C)c(C)c1. The van der Waals surface area contributed by atoms with Crippen LogP contribution in [0.5, 0.6) is 0 Å². The summed E-state index contributed by atoms with van der Waals surface area (Å²) in [6.07, 6.45) is 0.435. The molecule has 1 N–H and O–H groups in total. The maximum Gasteiger partial charge on any atom is 0.244 e. The molecule has 0 heterocycles. The highest BCUT2D eigenvalue weighted by Crippen LogP contribution is 2.21. The normalized spacial score (nSPS) is 10.5. The lowest BCUT2D eigenvalue weighted by Gasteiger charge is -2.06. The van der Waals surface area contributed by atoms with E-state index in [0.29, 0.717) is 19.6 Å². The lowest BCUT2D eigenvalue weighted by molar-refractivity contribution is -0.134. The first-order chi connectivity index (χ1) is 9.13. The smallest absolute Gasteiger partial charge is 0.244 e. The van der Waals surface area contributed by atoms with Gasteiger partial charge in [0.2, 0.25) is 5.91 Å². The first-order valence-electron chi connectivity index (χ1n) is 6.23. The molecule has 0 bridgehead atoms. The van der Waals surface area contributed by atoms with Gasteiger partial charge in [0.1, 0.15) is 0 Å². The van der Waals surface area contributed by atoms with Crippen molar-refractivity contribution in [2.75, 3.05) is 26.1 Å². The average Bonchev–Trinajstić information content (AvgIpc) is 2.39. The topological polar surface area (TPSA) is 47.6 Å². The Morgan fingerprint density at radius 3 is 2.74 bits per heavy atom. The summed E-state index contributed by atoms with van der Waals surface area (Å²) in [4.78, 5) is 17.6. The lowest BCUT2D eigenvalue weighted by atomic mass is 10.1. The molecule has 0 aromatic heterocycles. The molecule has 106 valence electrons. The van der Waals surface area contributed by atoms with Gasteiger partial charge in [-0.3, -0.25) is 9.63 Å². The summed E-state index contributed by atoms with van der Waals surface area (Å²) in [6, 6.07) is 6.33. The molecule has 4 nitrogen and oxygen atoms in total. The van der Waals surface area contributed by atoms with Gasteiger partial charge in [0.25, 0.3) is 0 Å². The van der Waals surface area contributed by atoms with E-state index in [2.05, 4.69) is 37.5 Å². The molecule has 0 aliphatic heterocycles. The van der Waals surface area contributed by atoms with Crippen molar-refractivity contribution >= 4 is 17.7 Å². The molecule has 1 rings (SSSR count). The molecule has 0 saturated heterocycles. The van der Waals surface area contributed by atoms with E-state index in [1.54, 1.807) is 18.9 Å². The van der Waals surface area contributed by atoms with Gasteiger partial charge in [0.05, 0.1) is 13.2 Å². The molecule has 0 unspecified atom stereocenters. The summed E-state index contributed by atoms with van der Waals surface area (Å²) in [5.41, 5.74) is 4.95. The van der Waals surface area contributed by atoms with Crippen molar-refractivity contribution < 1.29 is 14.4 Å². The molecule has 0 aliphatic carbocycles. The number of aryl methyl sites for hydroxylation is 2. The van der Waals surface area contributed by atoms with Crippen LogP contribution < -0.4 is 5.48 Å². The minimum Gasteiger partial charge on any atom is -0.382 e. The standard InChI is InChI=1S/C14H21NO3S/c1-11-4-5-13(10-12(11)2)19-9-6-14(16)15-18-8-7-17-3/h4-5,10H,6-9H2,1-3H3,(H,15,16). The highest BCUT2D eigenvalue weighted by atomic mass is 32.2. The number of nitrogens with one attached hydrogen (secondary N) is 1. The zero-order valence-corrected chi connectivity index (χ0v) is 12.5. The summed E-state index contributed by atoms with van der Waals surface area (Å²) in [7, 11) is 1.59. The molecular weight excluding hydrogens is 262 g/mol. The number of rotatable bonds is 8. The van der Waals surface area contributed by atoms with E-state index in [4.69, 9.17) is 9.57 Å². The van der Waals surface area contributed by atoms with E-state index in [0.717, 1.165) is 5.75 Å². The van der Waals surface area contributed by atoms with Crippen molar-refractivity contribution in [3.63, 3.8) is 0 Å². The second kappa shape index (κ2) is 8.96. The molecular formula is C14H21NO3S. The van der Waals surface area contributed by atoms with Gasteiger partial charge in [0.15, 0.2) is 0 Å². The fourth-order valence-electron chi connectivity index (χ4n) is 1.37. The number of amides is 1. The van der Waals surface area contributed by atoms with E-state index in [9.17, 15) is 4.79 Å². The van der Waals surface area contributed by atoms with E-state index >= 15 is 0 Å². The Hall–Kier alpha value is -1.04. The molecule has 0 atom stereocenters. The second-order valence-corrected chi connectivity index (χ2v) is 5.38. The molecule has 0 spiro atoms. The van der Waals surface area contributed by atoms with Crippen molar-refractivity contribution in [3.05, 3.63) is 29.3 Å². The molecule has 0 aliphatic rings. The van der Waals surface area contributed by atoms with E-state index < -0.39 is 0 Å². The van der Waals surface area contributed by atoms with Crippen molar-refractivity contribution in [1.82, 2.24) is 5.48 Å². The molecule has 0 radical (unpaired) electrons. The molecule has 1 aromatic rings. The number of benzene rings is 1. The highest BCUT2D eigenvalue weighted by Gasteiger charge is 2.02. The fourth-order valence-corrected chi connectivity index (χ4v) is 2.32. The third kappa shape index (κ3) is 6.61. The van der Waals surface area contributed by atoms with Crippen LogP contribution >= 0.6 is 11.8 Å². The summed E-state index contributed by atoms with van der Waals surface area (Å²) in [6.45, 7) is 5.02. The number of hydroxylamine groups is 1. The zero-order valence-electron chi connectivity index (χ0n) is 11.7. The van der Waals surface area contributed by atoms with Gasteiger partial charge in [-0.05, 0) is 37.1 Å². The first-order valence-corrected chi connectivity index (χ1v) is 7.21. The zero-order chi connectivity index (χ0) is 14.1. The quantitative estimate of drug-likeness (QED) is 0.452. The fraction of sp³-hybridized carbons (Fsp3) is 0.500. The third-order valence-electron chi connectivity index (χ3n) is 2.65. The van der Waals surface area contributed by atoms with Gasteiger partial charge in [-0.15, -0.1) is 11.8 Å². The van der Waals surface area contributed by atoms with Crippen LogP contribution in [-0.4, -0.2) is 32.0 Å². The molecule has 1 aromatic carbocycles. The summed E-state index contributed by atoms with van der Waals surface area (Å²) in [5, 5.41) is 0. The van der Waals surface area contributed by atoms with Gasteiger partial charge < -0.3 is 4.74 Å². The van der Waals surface area contributed by atoms with E-state index in [1.807, 2.05) is 0 Å². The molecule has 1 amide bonds. The number of ether oxygens (including phenoxy) is 1. The number of hydrogen-bond donors (Lipinski definition) is 1.